The number of aryl methyl sites for hydroxylation is 2. The molecule has 2 unspecified atom stereocenters. The van der Waals surface area contributed by atoms with Crippen molar-refractivity contribution in [3.63, 3.8) is 0 Å². The molecule has 3 heterocycles. The summed E-state index contributed by atoms with van der Waals surface area (Å²) < 4.78 is 22.0. The Morgan fingerprint density at radius 3 is 2.56 bits per heavy atom. The van der Waals surface area contributed by atoms with Crippen LogP contribution in [0.25, 0.3) is 5.69 Å². The molecule has 1 aliphatic heterocycles. The summed E-state index contributed by atoms with van der Waals surface area (Å²) in [4.78, 5) is 6.69. The van der Waals surface area contributed by atoms with Crippen LogP contribution in [0.4, 0.5) is 10.1 Å². The summed E-state index contributed by atoms with van der Waals surface area (Å²) in [6.07, 6.45) is 1.78. The van der Waals surface area contributed by atoms with Crippen molar-refractivity contribution in [2.45, 2.75) is 32.9 Å². The van der Waals surface area contributed by atoms with E-state index in [1.165, 1.54) is 6.07 Å². The number of ether oxygens (including phenoxy) is 1. The van der Waals surface area contributed by atoms with Crippen LogP contribution in [-0.4, -0.2) is 21.8 Å². The lowest BCUT2D eigenvalue weighted by molar-refractivity contribution is 0.412. The average Bonchev–Trinajstić information content (AvgIpc) is 3.36. The Bertz CT molecular complexity index is 1460. The summed E-state index contributed by atoms with van der Waals surface area (Å²) in [7, 11) is 1.65. The van der Waals surface area contributed by atoms with E-state index < -0.39 is 0 Å². The summed E-state index contributed by atoms with van der Waals surface area (Å²) in [6, 6.07) is 18.2. The smallest absolute Gasteiger partial charge is 0.174 e. The third-order valence-corrected chi connectivity index (χ3v) is 7.24. The van der Waals surface area contributed by atoms with Crippen molar-refractivity contribution in [3.8, 4) is 11.4 Å². The molecule has 2 aromatic heterocycles. The Balaban J connectivity index is 1.71. The minimum Gasteiger partial charge on any atom is -0.495 e. The Morgan fingerprint density at radius 1 is 1.06 bits per heavy atom. The quantitative estimate of drug-likeness (QED) is 0.294. The fraction of sp³-hybridized carbons (Fsp3) is 0.214. The highest BCUT2D eigenvalue weighted by molar-refractivity contribution is 7.80. The molecule has 0 aliphatic carbocycles. The summed E-state index contributed by atoms with van der Waals surface area (Å²) in [6.45, 7) is 5.89. The van der Waals surface area contributed by atoms with Gasteiger partial charge in [-0.3, -0.25) is 4.98 Å². The molecule has 1 fully saturated rings. The van der Waals surface area contributed by atoms with Crippen molar-refractivity contribution < 1.29 is 9.13 Å². The number of anilines is 1. The van der Waals surface area contributed by atoms with E-state index >= 15 is 0 Å². The number of nitrogens with zero attached hydrogens (tertiary/aromatic N) is 3. The van der Waals surface area contributed by atoms with Crippen molar-refractivity contribution in [2.75, 3.05) is 12.0 Å². The zero-order valence-electron chi connectivity index (χ0n) is 20.4. The first-order valence-corrected chi connectivity index (χ1v) is 12.4. The highest BCUT2D eigenvalue weighted by Crippen LogP contribution is 2.44. The van der Waals surface area contributed by atoms with Gasteiger partial charge in [-0.15, -0.1) is 0 Å². The fourth-order valence-corrected chi connectivity index (χ4v) is 5.54. The van der Waals surface area contributed by atoms with Crippen LogP contribution in [0.2, 0.25) is 5.02 Å². The van der Waals surface area contributed by atoms with E-state index in [4.69, 9.17) is 28.6 Å². The molecule has 0 bridgehead atoms. The minimum absolute atomic E-state index is 0.209. The standard InChI is InChI=1S/C28H26ClFN4OS/c1-16-13-20(9-10-22(16)30)34-27(26(32-28(34)36)23-7-5-6-12-31-23)21-14-17(2)33(18(21)3)24-15-19(29)8-11-25(24)35-4/h5-15,26-27H,1-4H3,(H,32,36). The van der Waals surface area contributed by atoms with E-state index in [1.54, 1.807) is 26.3 Å². The van der Waals surface area contributed by atoms with Gasteiger partial charge in [-0.1, -0.05) is 17.7 Å². The molecule has 0 radical (unpaired) electrons. The van der Waals surface area contributed by atoms with Crippen molar-refractivity contribution in [1.29, 1.82) is 0 Å². The molecule has 0 saturated carbocycles. The van der Waals surface area contributed by atoms with Crippen molar-refractivity contribution in [2.24, 2.45) is 0 Å². The number of hydrogen-bond donors (Lipinski definition) is 1. The number of thiocarbonyl (C=S) groups is 1. The van der Waals surface area contributed by atoms with E-state index in [1.807, 2.05) is 42.5 Å². The Hall–Kier alpha value is -3.42. The van der Waals surface area contributed by atoms with Gasteiger partial charge in [0, 0.05) is 28.3 Å². The van der Waals surface area contributed by atoms with Crippen LogP contribution in [0.3, 0.4) is 0 Å². The maximum Gasteiger partial charge on any atom is 0.174 e. The predicted octanol–water partition coefficient (Wildman–Crippen LogP) is 6.78. The lowest BCUT2D eigenvalue weighted by atomic mass is 9.96. The first-order valence-electron chi connectivity index (χ1n) is 11.6. The van der Waals surface area contributed by atoms with E-state index in [-0.39, 0.29) is 17.9 Å². The molecule has 1 N–H and O–H groups in total. The molecule has 36 heavy (non-hydrogen) atoms. The number of aromatic nitrogens is 2. The van der Waals surface area contributed by atoms with Crippen LogP contribution in [0, 0.1) is 26.6 Å². The van der Waals surface area contributed by atoms with Gasteiger partial charge in [-0.2, -0.15) is 0 Å². The van der Waals surface area contributed by atoms with Crippen LogP contribution in [-0.2, 0) is 0 Å². The second-order valence-corrected chi connectivity index (χ2v) is 9.73. The number of methoxy groups -OCH3 is 1. The molecule has 1 saturated heterocycles. The summed E-state index contributed by atoms with van der Waals surface area (Å²) in [5, 5.41) is 4.66. The molecule has 2 aromatic carbocycles. The number of benzene rings is 2. The van der Waals surface area contributed by atoms with Gasteiger partial charge in [0.05, 0.1) is 30.6 Å². The number of nitrogens with one attached hydrogen (secondary N) is 1. The average molecular weight is 521 g/mol. The molecule has 8 heteroatoms. The molecule has 1 aliphatic rings. The van der Waals surface area contributed by atoms with Crippen molar-refractivity contribution in [3.05, 3.63) is 106 Å². The van der Waals surface area contributed by atoms with Gasteiger partial charge in [0.1, 0.15) is 11.6 Å². The molecule has 0 amide bonds. The molecule has 4 aromatic rings. The van der Waals surface area contributed by atoms with E-state index in [0.29, 0.717) is 15.7 Å². The van der Waals surface area contributed by atoms with Crippen LogP contribution in [0.15, 0.2) is 66.9 Å². The summed E-state index contributed by atoms with van der Waals surface area (Å²) in [5.74, 6) is 0.473. The highest BCUT2D eigenvalue weighted by Gasteiger charge is 2.42. The third-order valence-electron chi connectivity index (χ3n) is 6.69. The topological polar surface area (TPSA) is 42.3 Å². The van der Waals surface area contributed by atoms with Crippen molar-refractivity contribution in [1.82, 2.24) is 14.9 Å². The van der Waals surface area contributed by atoms with Gasteiger partial charge in [-0.05, 0) is 98.7 Å². The Kier molecular flexibility index (Phi) is 6.45. The molecule has 184 valence electrons. The fourth-order valence-electron chi connectivity index (χ4n) is 5.02. The molecular formula is C28H26ClFN4OS. The van der Waals surface area contributed by atoms with Gasteiger partial charge in [-0.25, -0.2) is 4.39 Å². The largest absolute Gasteiger partial charge is 0.495 e. The number of pyridine rings is 1. The first-order chi connectivity index (χ1) is 17.3. The van der Waals surface area contributed by atoms with Crippen LogP contribution >= 0.6 is 23.8 Å². The zero-order chi connectivity index (χ0) is 25.6. The minimum atomic E-state index is -0.249. The second-order valence-electron chi connectivity index (χ2n) is 8.91. The Labute approximate surface area is 220 Å². The lowest BCUT2D eigenvalue weighted by Crippen LogP contribution is -2.29. The number of halogens is 2. The van der Waals surface area contributed by atoms with E-state index in [0.717, 1.165) is 39.8 Å². The first kappa shape index (κ1) is 24.3. The summed E-state index contributed by atoms with van der Waals surface area (Å²) in [5.41, 5.74) is 6.23. The van der Waals surface area contributed by atoms with E-state index in [9.17, 15) is 4.39 Å². The lowest BCUT2D eigenvalue weighted by Gasteiger charge is -2.28. The zero-order valence-corrected chi connectivity index (χ0v) is 22.0. The van der Waals surface area contributed by atoms with Crippen LogP contribution in [0.5, 0.6) is 5.75 Å². The maximum absolute atomic E-state index is 14.2. The predicted molar refractivity (Wildman–Crippen MR) is 146 cm³/mol. The Morgan fingerprint density at radius 2 is 1.86 bits per heavy atom. The van der Waals surface area contributed by atoms with E-state index in [2.05, 4.69) is 39.7 Å². The molecule has 5 nitrogen and oxygen atoms in total. The molecule has 5 rings (SSSR count). The molecule has 0 spiro atoms. The summed E-state index contributed by atoms with van der Waals surface area (Å²) >= 11 is 12.2. The highest BCUT2D eigenvalue weighted by atomic mass is 35.5. The normalized spacial score (nSPS) is 17.4. The monoisotopic (exact) mass is 520 g/mol. The second kappa shape index (κ2) is 9.56. The van der Waals surface area contributed by atoms with Gasteiger partial charge >= 0.3 is 0 Å². The maximum atomic E-state index is 14.2. The van der Waals surface area contributed by atoms with Gasteiger partial charge in [0.15, 0.2) is 5.11 Å². The van der Waals surface area contributed by atoms with Gasteiger partial charge < -0.3 is 19.5 Å². The number of hydrogen-bond acceptors (Lipinski definition) is 3. The van der Waals surface area contributed by atoms with Gasteiger partial charge in [0.25, 0.3) is 0 Å². The van der Waals surface area contributed by atoms with Gasteiger partial charge in [0.2, 0.25) is 0 Å². The SMILES string of the molecule is COc1ccc(Cl)cc1-n1c(C)cc(C2C(c3ccccn3)NC(=S)N2c2ccc(F)c(C)c2)c1C. The molecule has 2 atom stereocenters. The van der Waals surface area contributed by atoms with Crippen LogP contribution in [0.1, 0.15) is 40.3 Å². The third kappa shape index (κ3) is 4.12. The van der Waals surface area contributed by atoms with Crippen LogP contribution < -0.4 is 15.0 Å². The van der Waals surface area contributed by atoms with Crippen molar-refractivity contribution >= 4 is 34.6 Å². The number of rotatable bonds is 5. The molecular weight excluding hydrogens is 495 g/mol.